The molecule has 2 atom stereocenters. The fourth-order valence-electron chi connectivity index (χ4n) is 4.19. The molecule has 0 unspecified atom stereocenters. The van der Waals surface area contributed by atoms with Gasteiger partial charge in [-0.15, -0.1) is 0 Å². The molecule has 5 heteroatoms. The number of aryl methyl sites for hydroxylation is 1. The molecule has 5 nitrogen and oxygen atoms in total. The van der Waals surface area contributed by atoms with E-state index < -0.39 is 0 Å². The highest BCUT2D eigenvalue weighted by molar-refractivity contribution is 5.76. The first kappa shape index (κ1) is 15.2. The van der Waals surface area contributed by atoms with Crippen molar-refractivity contribution >= 4 is 5.91 Å². The third-order valence-electron chi connectivity index (χ3n) is 5.31. The SMILES string of the molecule is O=C(CCCn1cccc1)N1C[C@H]2C[C@@H](C1)c1cccc(=O)n1C2. The highest BCUT2D eigenvalue weighted by atomic mass is 16.2. The van der Waals surface area contributed by atoms with E-state index in [0.29, 0.717) is 18.3 Å². The van der Waals surface area contributed by atoms with Crippen molar-refractivity contribution in [3.63, 3.8) is 0 Å². The van der Waals surface area contributed by atoms with Crippen LogP contribution >= 0.6 is 0 Å². The molecule has 1 fully saturated rings. The maximum Gasteiger partial charge on any atom is 0.250 e. The van der Waals surface area contributed by atoms with Crippen LogP contribution in [0.25, 0.3) is 0 Å². The van der Waals surface area contributed by atoms with Crippen molar-refractivity contribution in [1.82, 2.24) is 14.0 Å². The molecule has 0 N–H and O–H groups in total. The highest BCUT2D eigenvalue weighted by Gasteiger charge is 2.35. The monoisotopic (exact) mass is 325 g/mol. The molecule has 2 aliphatic heterocycles. The number of aromatic nitrogens is 2. The lowest BCUT2D eigenvalue weighted by atomic mass is 9.83. The first-order chi connectivity index (χ1) is 11.7. The van der Waals surface area contributed by atoms with Gasteiger partial charge in [-0.1, -0.05) is 6.07 Å². The Balaban J connectivity index is 1.40. The van der Waals surface area contributed by atoms with Gasteiger partial charge in [-0.05, 0) is 37.0 Å². The van der Waals surface area contributed by atoms with Crippen molar-refractivity contribution < 1.29 is 4.79 Å². The van der Waals surface area contributed by atoms with E-state index in [-0.39, 0.29) is 11.5 Å². The number of rotatable bonds is 4. The summed E-state index contributed by atoms with van der Waals surface area (Å²) >= 11 is 0. The molecule has 0 radical (unpaired) electrons. The summed E-state index contributed by atoms with van der Waals surface area (Å²) in [5.74, 6) is 0.966. The molecule has 24 heavy (non-hydrogen) atoms. The van der Waals surface area contributed by atoms with E-state index in [1.54, 1.807) is 6.07 Å². The molecular weight excluding hydrogens is 302 g/mol. The number of likely N-dealkylation sites (tertiary alicyclic amines) is 1. The third-order valence-corrected chi connectivity index (χ3v) is 5.31. The predicted molar refractivity (Wildman–Crippen MR) is 91.8 cm³/mol. The molecule has 1 amide bonds. The Hall–Kier alpha value is -2.30. The molecular formula is C19H23N3O2. The maximum atomic E-state index is 12.6. The molecule has 0 spiro atoms. The topological polar surface area (TPSA) is 47.2 Å². The van der Waals surface area contributed by atoms with E-state index in [1.165, 1.54) is 0 Å². The largest absolute Gasteiger partial charge is 0.354 e. The first-order valence-corrected chi connectivity index (χ1v) is 8.79. The van der Waals surface area contributed by atoms with Crippen molar-refractivity contribution in [3.05, 3.63) is 58.8 Å². The van der Waals surface area contributed by atoms with Crippen LogP contribution in [0.15, 0.2) is 47.5 Å². The van der Waals surface area contributed by atoms with Crippen molar-refractivity contribution in [2.75, 3.05) is 13.1 Å². The van der Waals surface area contributed by atoms with Crippen LogP contribution < -0.4 is 5.56 Å². The van der Waals surface area contributed by atoms with Crippen LogP contribution in [-0.2, 0) is 17.9 Å². The first-order valence-electron chi connectivity index (χ1n) is 8.79. The van der Waals surface area contributed by atoms with Crippen molar-refractivity contribution in [1.29, 1.82) is 0 Å². The number of amides is 1. The lowest BCUT2D eigenvalue weighted by molar-refractivity contribution is -0.134. The zero-order valence-corrected chi connectivity index (χ0v) is 13.8. The van der Waals surface area contributed by atoms with Gasteiger partial charge in [-0.3, -0.25) is 9.59 Å². The average molecular weight is 325 g/mol. The van der Waals surface area contributed by atoms with E-state index in [9.17, 15) is 9.59 Å². The maximum absolute atomic E-state index is 12.6. The van der Waals surface area contributed by atoms with E-state index in [4.69, 9.17) is 0 Å². The van der Waals surface area contributed by atoms with Gasteiger partial charge < -0.3 is 14.0 Å². The predicted octanol–water partition coefficient (Wildman–Crippen LogP) is 2.08. The van der Waals surface area contributed by atoms with E-state index in [0.717, 1.165) is 44.7 Å². The number of pyridine rings is 1. The van der Waals surface area contributed by atoms with Gasteiger partial charge in [-0.2, -0.15) is 0 Å². The number of piperidine rings is 1. The molecule has 126 valence electrons. The van der Waals surface area contributed by atoms with Crippen molar-refractivity contribution in [2.45, 2.75) is 38.3 Å². The second-order valence-electron chi connectivity index (χ2n) is 7.02. The van der Waals surface area contributed by atoms with Gasteiger partial charge >= 0.3 is 0 Å². The minimum Gasteiger partial charge on any atom is -0.354 e. The minimum absolute atomic E-state index is 0.0914. The Morgan fingerprint density at radius 1 is 1.08 bits per heavy atom. The number of fused-ring (bicyclic) bond motifs is 4. The zero-order valence-electron chi connectivity index (χ0n) is 13.8. The second-order valence-corrected chi connectivity index (χ2v) is 7.02. The van der Waals surface area contributed by atoms with Crippen LogP contribution in [0.5, 0.6) is 0 Å². The number of hydrogen-bond donors (Lipinski definition) is 0. The summed E-state index contributed by atoms with van der Waals surface area (Å²) in [6.45, 7) is 3.18. The molecule has 2 aromatic heterocycles. The number of hydrogen-bond acceptors (Lipinski definition) is 2. The summed E-state index contributed by atoms with van der Waals surface area (Å²) in [4.78, 5) is 26.7. The fourth-order valence-corrected chi connectivity index (χ4v) is 4.19. The molecule has 4 rings (SSSR count). The van der Waals surface area contributed by atoms with E-state index in [2.05, 4.69) is 4.57 Å². The molecule has 0 aliphatic carbocycles. The molecule has 0 saturated carbocycles. The van der Waals surface area contributed by atoms with Crippen LogP contribution in [0.3, 0.4) is 0 Å². The van der Waals surface area contributed by atoms with Crippen molar-refractivity contribution in [3.8, 4) is 0 Å². The normalized spacial score (nSPS) is 22.2. The summed E-state index contributed by atoms with van der Waals surface area (Å²) < 4.78 is 4.02. The van der Waals surface area contributed by atoms with Gasteiger partial charge in [0.05, 0.1) is 0 Å². The van der Waals surface area contributed by atoms with Gasteiger partial charge in [0.15, 0.2) is 0 Å². The number of nitrogens with zero attached hydrogens (tertiary/aromatic N) is 3. The molecule has 2 aliphatic rings. The Labute approximate surface area is 141 Å². The molecule has 0 aromatic carbocycles. The zero-order chi connectivity index (χ0) is 16.5. The lowest BCUT2D eigenvalue weighted by Gasteiger charge is -2.42. The Morgan fingerprint density at radius 3 is 2.75 bits per heavy atom. The molecule has 2 aromatic rings. The van der Waals surface area contributed by atoms with E-state index in [1.807, 2.05) is 46.1 Å². The fraction of sp³-hybridized carbons (Fsp3) is 0.474. The Bertz CT molecular complexity index is 778. The molecule has 4 heterocycles. The smallest absolute Gasteiger partial charge is 0.250 e. The number of carbonyl (C=O) groups is 1. The van der Waals surface area contributed by atoms with Crippen LogP contribution in [-0.4, -0.2) is 33.0 Å². The minimum atomic E-state index is 0.0914. The standard InChI is InChI=1S/C19H23N3O2/c23-18(7-4-10-20-8-1-2-9-20)21-12-15-11-16(14-21)17-5-3-6-19(24)22(17)13-15/h1-3,5-6,8-9,15-16H,4,7,10-14H2/t15-,16+/m1/s1. The summed E-state index contributed by atoms with van der Waals surface area (Å²) in [5, 5.41) is 0. The third kappa shape index (κ3) is 2.90. The molecule has 1 saturated heterocycles. The summed E-state index contributed by atoms with van der Waals surface area (Å²) in [5.41, 5.74) is 1.19. The number of carbonyl (C=O) groups excluding carboxylic acids is 1. The van der Waals surface area contributed by atoms with Gasteiger partial charge in [0.2, 0.25) is 5.91 Å². The lowest BCUT2D eigenvalue weighted by Crippen LogP contribution is -2.49. The van der Waals surface area contributed by atoms with Gasteiger partial charge in [0, 0.05) is 62.7 Å². The Kier molecular flexibility index (Phi) is 4.00. The van der Waals surface area contributed by atoms with Crippen LogP contribution in [0, 0.1) is 5.92 Å². The average Bonchev–Trinajstić information content (AvgIpc) is 3.09. The summed E-state index contributed by atoms with van der Waals surface area (Å²) in [6.07, 6.45) is 6.63. The highest BCUT2D eigenvalue weighted by Crippen LogP contribution is 2.35. The van der Waals surface area contributed by atoms with Gasteiger partial charge in [0.25, 0.3) is 5.56 Å². The van der Waals surface area contributed by atoms with Gasteiger partial charge in [-0.25, -0.2) is 0 Å². The van der Waals surface area contributed by atoms with Crippen LogP contribution in [0.1, 0.15) is 30.9 Å². The van der Waals surface area contributed by atoms with Crippen LogP contribution in [0.2, 0.25) is 0 Å². The summed E-state index contributed by atoms with van der Waals surface area (Å²) in [7, 11) is 0. The van der Waals surface area contributed by atoms with Gasteiger partial charge in [0.1, 0.15) is 0 Å². The summed E-state index contributed by atoms with van der Waals surface area (Å²) in [6, 6.07) is 9.53. The van der Waals surface area contributed by atoms with Crippen molar-refractivity contribution in [2.24, 2.45) is 5.92 Å². The van der Waals surface area contributed by atoms with Crippen LogP contribution in [0.4, 0.5) is 0 Å². The molecule has 2 bridgehead atoms. The second kappa shape index (κ2) is 6.30. The quantitative estimate of drug-likeness (QED) is 0.864. The Morgan fingerprint density at radius 2 is 1.92 bits per heavy atom. The van der Waals surface area contributed by atoms with E-state index >= 15 is 0 Å².